The van der Waals surface area contributed by atoms with Gasteiger partial charge in [-0.15, -0.1) is 15.3 Å². The van der Waals surface area contributed by atoms with Gasteiger partial charge in [-0.3, -0.25) is 18.2 Å². The van der Waals surface area contributed by atoms with Crippen LogP contribution in [-0.4, -0.2) is 122 Å². The lowest BCUT2D eigenvalue weighted by atomic mass is 10.1. The first-order chi connectivity index (χ1) is 30.2. The molecule has 0 radical (unpaired) electrons. The smallest absolute Gasteiger partial charge is 0.397 e. The number of aromatic hydroxyl groups is 1. The molecule has 4 aromatic carbocycles. The number of rotatable bonds is 20. The largest absolute Gasteiger partial charge is 0.505 e. The lowest BCUT2D eigenvalue weighted by Gasteiger charge is -2.14. The van der Waals surface area contributed by atoms with Crippen LogP contribution >= 0.6 is 23.4 Å². The summed E-state index contributed by atoms with van der Waals surface area (Å²) in [6.45, 7) is -0.580. The van der Waals surface area contributed by atoms with Crippen LogP contribution in [0.15, 0.2) is 94.6 Å². The van der Waals surface area contributed by atoms with E-state index in [0.29, 0.717) is 30.2 Å². The molecule has 0 spiro atoms. The standard InChI is InChI=1S/C31H31ClN10O17S6/c32-29-36-30(34-7-10-60-11-8-43)38-31(37-29)35-18-3-6-21(62(47,48)49)20(15-18)40-42-27-23(64(53,54)55)14-16-13-22(63(50,51)52)26(25(33)24(16)28(27)44)41-39-17-1-4-19(5-2-17)61(45,46)12-9-59-65(56,57)58/h1-6,13-15,43-44H,7-12,33H2,(H,47,48,49)(H,50,51,52)(H,53,54,55)(H,56,57,58)(H2,34,35,36,37,38). The van der Waals surface area contributed by atoms with Crippen molar-refractivity contribution in [3.63, 3.8) is 0 Å². The van der Waals surface area contributed by atoms with Gasteiger partial charge in [-0.1, -0.05) is 0 Å². The van der Waals surface area contributed by atoms with Gasteiger partial charge >= 0.3 is 10.4 Å². The number of hydrogen-bond acceptors (Lipinski definition) is 24. The molecule has 1 aromatic heterocycles. The van der Waals surface area contributed by atoms with Crippen LogP contribution in [0.2, 0.25) is 5.28 Å². The number of phenolic OH excluding ortho intramolecular Hbond substituents is 1. The van der Waals surface area contributed by atoms with Crippen LogP contribution in [-0.2, 0) is 54.8 Å². The SMILES string of the molecule is Nc1c(N=Nc2ccc(S(=O)(=O)CCOS(=O)(=O)O)cc2)c(S(=O)(=O)O)cc2cc(S(=O)(=O)O)c(N=Nc3cc(Nc4nc(Cl)nc(NCCSCCO)n4)ccc3S(=O)(=O)O)c(O)c12. The number of thioether (sulfide) groups is 1. The molecule has 5 rings (SSSR count). The highest BCUT2D eigenvalue weighted by Gasteiger charge is 2.29. The number of nitrogens with one attached hydrogen (secondary N) is 2. The van der Waals surface area contributed by atoms with Gasteiger partial charge in [-0.2, -0.15) is 65.5 Å². The average molecular weight is 1040 g/mol. The van der Waals surface area contributed by atoms with E-state index >= 15 is 0 Å². The Labute approximate surface area is 377 Å². The van der Waals surface area contributed by atoms with Crippen molar-refractivity contribution in [1.29, 1.82) is 0 Å². The third-order valence-corrected chi connectivity index (χ3v) is 14.0. The van der Waals surface area contributed by atoms with E-state index in [4.69, 9.17) is 27.0 Å². The molecule has 0 unspecified atom stereocenters. The van der Waals surface area contributed by atoms with E-state index in [1.165, 1.54) is 11.8 Å². The van der Waals surface area contributed by atoms with Crippen molar-refractivity contribution in [2.45, 2.75) is 19.6 Å². The summed E-state index contributed by atoms with van der Waals surface area (Å²) in [6, 6.07) is 8.18. The summed E-state index contributed by atoms with van der Waals surface area (Å²) in [4.78, 5) is 8.39. The molecule has 350 valence electrons. The summed E-state index contributed by atoms with van der Waals surface area (Å²) in [5, 5.41) is 39.4. The van der Waals surface area contributed by atoms with E-state index in [1.54, 1.807) is 0 Å². The number of nitrogens with zero attached hydrogens (tertiary/aromatic N) is 7. The molecule has 0 saturated heterocycles. The summed E-state index contributed by atoms with van der Waals surface area (Å²) >= 11 is 7.48. The zero-order valence-corrected chi connectivity index (χ0v) is 37.8. The molecule has 0 atom stereocenters. The number of fused-ring (bicyclic) bond motifs is 1. The molecule has 1 heterocycles. The Morgan fingerprint density at radius 2 is 1.32 bits per heavy atom. The molecule has 0 aliphatic rings. The highest BCUT2D eigenvalue weighted by atomic mass is 35.5. The van der Waals surface area contributed by atoms with Crippen LogP contribution in [0.5, 0.6) is 5.75 Å². The zero-order chi connectivity index (χ0) is 48.1. The van der Waals surface area contributed by atoms with Crippen molar-refractivity contribution < 1.29 is 74.7 Å². The highest BCUT2D eigenvalue weighted by Crippen LogP contribution is 2.48. The number of anilines is 4. The minimum Gasteiger partial charge on any atom is -0.505 e. The average Bonchev–Trinajstić information content (AvgIpc) is 3.18. The number of hydrogen-bond donors (Lipinski definition) is 9. The topological polar surface area (TPSA) is 439 Å². The van der Waals surface area contributed by atoms with Crippen molar-refractivity contribution in [3.8, 4) is 5.75 Å². The fourth-order valence-corrected chi connectivity index (χ4v) is 9.47. The Morgan fingerprint density at radius 3 is 1.92 bits per heavy atom. The van der Waals surface area contributed by atoms with E-state index < -0.39 is 117 Å². The van der Waals surface area contributed by atoms with Gasteiger partial charge in [0.15, 0.2) is 15.6 Å². The van der Waals surface area contributed by atoms with Crippen molar-refractivity contribution in [3.05, 3.63) is 59.9 Å². The van der Waals surface area contributed by atoms with Crippen molar-refractivity contribution in [1.82, 2.24) is 15.0 Å². The number of nitrogen functional groups attached to an aromatic ring is 1. The first-order valence-corrected chi connectivity index (χ1v) is 26.1. The number of sulfone groups is 1. The summed E-state index contributed by atoms with van der Waals surface area (Å²) < 4.78 is 164. The van der Waals surface area contributed by atoms with Gasteiger partial charge in [0.1, 0.15) is 31.7 Å². The number of benzene rings is 4. The molecular weight excluding hydrogens is 1010 g/mol. The molecule has 10 N–H and O–H groups in total. The molecule has 0 saturated carbocycles. The van der Waals surface area contributed by atoms with Crippen LogP contribution in [0.4, 0.5) is 46.0 Å². The molecule has 0 amide bonds. The lowest BCUT2D eigenvalue weighted by molar-refractivity contribution is 0.284. The first-order valence-electron chi connectivity index (χ1n) is 17.3. The van der Waals surface area contributed by atoms with E-state index in [1.807, 2.05) is 0 Å². The van der Waals surface area contributed by atoms with Gasteiger partial charge in [0.05, 0.1) is 40.6 Å². The van der Waals surface area contributed by atoms with Crippen LogP contribution in [0.1, 0.15) is 0 Å². The zero-order valence-electron chi connectivity index (χ0n) is 32.1. The third kappa shape index (κ3) is 13.4. The number of phenols is 1. The molecule has 65 heavy (non-hydrogen) atoms. The molecule has 5 aromatic rings. The quantitative estimate of drug-likeness (QED) is 0.0230. The number of aliphatic hydroxyl groups excluding tert-OH is 1. The van der Waals surface area contributed by atoms with Crippen molar-refractivity contribution in [2.24, 2.45) is 20.5 Å². The maximum atomic E-state index is 12.6. The lowest BCUT2D eigenvalue weighted by Crippen LogP contribution is -2.15. The van der Waals surface area contributed by atoms with Crippen LogP contribution in [0.3, 0.4) is 0 Å². The fraction of sp³-hybridized carbons (Fsp3) is 0.194. The van der Waals surface area contributed by atoms with Gasteiger partial charge in [-0.25, -0.2) is 12.6 Å². The van der Waals surface area contributed by atoms with Gasteiger partial charge in [-0.05, 0) is 71.6 Å². The Kier molecular flexibility index (Phi) is 15.6. The minimum atomic E-state index is -5.43. The van der Waals surface area contributed by atoms with E-state index in [-0.39, 0.29) is 40.1 Å². The second kappa shape index (κ2) is 20.1. The molecule has 0 fully saturated rings. The Hall–Kier alpha value is -5.30. The Balaban J connectivity index is 1.58. The molecular formula is C31H31ClN10O17S6. The summed E-state index contributed by atoms with van der Waals surface area (Å²) in [5.74, 6) is -1.21. The molecule has 27 nitrogen and oxygen atoms in total. The number of nitrogens with two attached hydrogens (primary N) is 1. The van der Waals surface area contributed by atoms with Crippen LogP contribution in [0, 0.1) is 0 Å². The number of aliphatic hydroxyl groups is 1. The Bertz CT molecular complexity index is 3290. The van der Waals surface area contributed by atoms with E-state index in [2.05, 4.69) is 50.2 Å². The summed E-state index contributed by atoms with van der Waals surface area (Å²) in [5.41, 5.74) is 2.50. The van der Waals surface area contributed by atoms with Crippen LogP contribution in [0.25, 0.3) is 10.8 Å². The fourth-order valence-electron chi connectivity index (χ4n) is 5.31. The summed E-state index contributed by atoms with van der Waals surface area (Å²) in [6.07, 6.45) is 0. The maximum Gasteiger partial charge on any atom is 0.397 e. The van der Waals surface area contributed by atoms with Gasteiger partial charge < -0.3 is 26.6 Å². The van der Waals surface area contributed by atoms with Crippen molar-refractivity contribution >= 4 is 131 Å². The predicted molar refractivity (Wildman–Crippen MR) is 231 cm³/mol. The molecule has 0 bridgehead atoms. The van der Waals surface area contributed by atoms with Crippen molar-refractivity contribution in [2.75, 3.05) is 53.4 Å². The first kappa shape index (κ1) is 50.7. The number of aromatic nitrogens is 3. The van der Waals surface area contributed by atoms with E-state index in [0.717, 1.165) is 42.5 Å². The molecule has 0 aliphatic carbocycles. The van der Waals surface area contributed by atoms with Gasteiger partial charge in [0, 0.05) is 23.7 Å². The monoisotopic (exact) mass is 1040 g/mol. The van der Waals surface area contributed by atoms with Crippen LogP contribution < -0.4 is 16.4 Å². The van der Waals surface area contributed by atoms with E-state index in [9.17, 15) is 60.9 Å². The summed E-state index contributed by atoms with van der Waals surface area (Å²) in [7, 11) is -25.0. The third-order valence-electron chi connectivity index (χ3n) is 8.04. The highest BCUT2D eigenvalue weighted by molar-refractivity contribution is 7.99. The minimum absolute atomic E-state index is 0.0173. The van der Waals surface area contributed by atoms with Gasteiger partial charge in [0.2, 0.25) is 17.2 Å². The second-order valence-corrected chi connectivity index (χ2v) is 21.4. The second-order valence-electron chi connectivity index (χ2n) is 12.5. The normalized spacial score (nSPS) is 13.0. The van der Waals surface area contributed by atoms with Gasteiger partial charge in [0.25, 0.3) is 30.4 Å². The number of halogens is 1. The number of azo groups is 2. The Morgan fingerprint density at radius 1 is 0.723 bits per heavy atom. The molecule has 0 aliphatic heterocycles. The maximum absolute atomic E-state index is 12.6. The molecule has 34 heteroatoms. The predicted octanol–water partition coefficient (Wildman–Crippen LogP) is 4.01.